The predicted molar refractivity (Wildman–Crippen MR) is 76.4 cm³/mol. The topological polar surface area (TPSA) is 76.7 Å². The van der Waals surface area contributed by atoms with E-state index in [-0.39, 0.29) is 11.0 Å². The molecule has 1 fully saturated rings. The van der Waals surface area contributed by atoms with E-state index in [4.69, 9.17) is 9.47 Å². The highest BCUT2D eigenvalue weighted by molar-refractivity contribution is 7.89. The van der Waals surface area contributed by atoms with Crippen molar-refractivity contribution in [3.8, 4) is 0 Å². The second-order valence-corrected chi connectivity index (χ2v) is 6.18. The zero-order chi connectivity index (χ0) is 14.4. The van der Waals surface area contributed by atoms with Gasteiger partial charge in [-0.2, -0.15) is 0 Å². The van der Waals surface area contributed by atoms with Gasteiger partial charge in [0.2, 0.25) is 10.0 Å². The van der Waals surface area contributed by atoms with Gasteiger partial charge >= 0.3 is 0 Å². The van der Waals surface area contributed by atoms with E-state index in [9.17, 15) is 8.42 Å². The molecule has 1 atom stereocenters. The molecule has 0 radical (unpaired) electrons. The van der Waals surface area contributed by atoms with Gasteiger partial charge in [0.05, 0.1) is 31.6 Å². The van der Waals surface area contributed by atoms with Crippen molar-refractivity contribution in [2.75, 3.05) is 38.2 Å². The molecule has 7 heteroatoms. The number of hydrogen-bond acceptors (Lipinski definition) is 5. The molecule has 0 bridgehead atoms. The maximum Gasteiger partial charge on any atom is 0.242 e. The van der Waals surface area contributed by atoms with Crippen LogP contribution in [0.5, 0.6) is 0 Å². The lowest BCUT2D eigenvalue weighted by atomic mass is 10.3. The average Bonchev–Trinajstić information content (AvgIpc) is 2.46. The number of para-hydroxylation sites is 1. The Kier molecular flexibility index (Phi) is 5.36. The molecule has 0 spiro atoms. The van der Waals surface area contributed by atoms with Gasteiger partial charge in [0.25, 0.3) is 0 Å². The van der Waals surface area contributed by atoms with Crippen LogP contribution < -0.4 is 10.0 Å². The van der Waals surface area contributed by atoms with Crippen molar-refractivity contribution in [2.24, 2.45) is 0 Å². The van der Waals surface area contributed by atoms with Crippen molar-refractivity contribution < 1.29 is 17.9 Å². The normalized spacial score (nSPS) is 19.8. The Bertz CT molecular complexity index is 527. The first-order chi connectivity index (χ1) is 9.63. The van der Waals surface area contributed by atoms with E-state index < -0.39 is 10.0 Å². The van der Waals surface area contributed by atoms with Crippen molar-refractivity contribution in [1.82, 2.24) is 4.72 Å². The standard InChI is InChI=1S/C13H20N2O4S/c1-2-15-20(16,17)13-6-4-3-5-12(13)14-9-11-10-18-7-8-19-11/h3-6,11,14-15H,2,7-10H2,1H3. The summed E-state index contributed by atoms with van der Waals surface area (Å²) in [7, 11) is -3.48. The van der Waals surface area contributed by atoms with Gasteiger partial charge in [-0.15, -0.1) is 0 Å². The highest BCUT2D eigenvalue weighted by atomic mass is 32.2. The first kappa shape index (κ1) is 15.2. The zero-order valence-electron chi connectivity index (χ0n) is 11.5. The first-order valence-electron chi connectivity index (χ1n) is 6.65. The molecule has 112 valence electrons. The van der Waals surface area contributed by atoms with Crippen molar-refractivity contribution >= 4 is 15.7 Å². The summed E-state index contributed by atoms with van der Waals surface area (Å²) in [5, 5.41) is 3.12. The number of hydrogen-bond donors (Lipinski definition) is 2. The molecule has 1 unspecified atom stereocenters. The Balaban J connectivity index is 2.07. The van der Waals surface area contributed by atoms with Crippen molar-refractivity contribution in [3.63, 3.8) is 0 Å². The Morgan fingerprint density at radius 3 is 2.80 bits per heavy atom. The Hall–Kier alpha value is -1.15. The molecule has 1 aliphatic heterocycles. The molecule has 0 amide bonds. The Labute approximate surface area is 119 Å². The van der Waals surface area contributed by atoms with Crippen LogP contribution in [0.25, 0.3) is 0 Å². The number of rotatable bonds is 6. The summed E-state index contributed by atoms with van der Waals surface area (Å²) in [5.41, 5.74) is 0.572. The third-order valence-electron chi connectivity index (χ3n) is 2.92. The van der Waals surface area contributed by atoms with E-state index in [1.807, 2.05) is 0 Å². The second-order valence-electron chi connectivity index (χ2n) is 4.45. The lowest BCUT2D eigenvalue weighted by molar-refractivity contribution is -0.0819. The minimum atomic E-state index is -3.48. The van der Waals surface area contributed by atoms with E-state index in [0.717, 1.165) is 0 Å². The summed E-state index contributed by atoms with van der Waals surface area (Å²) in [6.45, 7) is 4.33. The third-order valence-corrected chi connectivity index (χ3v) is 4.52. The fourth-order valence-electron chi connectivity index (χ4n) is 1.99. The van der Waals surface area contributed by atoms with Crippen LogP contribution in [0, 0.1) is 0 Å². The molecule has 1 saturated heterocycles. The summed E-state index contributed by atoms with van der Waals surface area (Å²) in [6.07, 6.45) is -0.0568. The van der Waals surface area contributed by atoms with Crippen LogP contribution in [0.2, 0.25) is 0 Å². The molecule has 0 saturated carbocycles. The smallest absolute Gasteiger partial charge is 0.242 e. The number of ether oxygens (including phenoxy) is 2. The maximum atomic E-state index is 12.1. The van der Waals surface area contributed by atoms with Gasteiger partial charge in [-0.25, -0.2) is 13.1 Å². The van der Waals surface area contributed by atoms with Crippen LogP contribution in [0.3, 0.4) is 0 Å². The predicted octanol–water partition coefficient (Wildman–Crippen LogP) is 0.812. The highest BCUT2D eigenvalue weighted by Gasteiger charge is 2.19. The lowest BCUT2D eigenvalue weighted by Gasteiger charge is -2.24. The van der Waals surface area contributed by atoms with E-state index in [2.05, 4.69) is 10.0 Å². The van der Waals surface area contributed by atoms with E-state index in [1.54, 1.807) is 31.2 Å². The van der Waals surface area contributed by atoms with Crippen LogP contribution >= 0.6 is 0 Å². The summed E-state index contributed by atoms with van der Waals surface area (Å²) in [6, 6.07) is 6.83. The number of nitrogens with one attached hydrogen (secondary N) is 2. The van der Waals surface area contributed by atoms with Gasteiger partial charge in [0, 0.05) is 13.1 Å². The monoisotopic (exact) mass is 300 g/mol. The molecule has 1 heterocycles. The number of anilines is 1. The number of sulfonamides is 1. The van der Waals surface area contributed by atoms with Crippen molar-refractivity contribution in [2.45, 2.75) is 17.9 Å². The Morgan fingerprint density at radius 2 is 2.10 bits per heavy atom. The van der Waals surface area contributed by atoms with Crippen molar-refractivity contribution in [1.29, 1.82) is 0 Å². The largest absolute Gasteiger partial charge is 0.381 e. The molecule has 1 aromatic carbocycles. The van der Waals surface area contributed by atoms with Gasteiger partial charge in [-0.3, -0.25) is 0 Å². The summed E-state index contributed by atoms with van der Waals surface area (Å²) in [5.74, 6) is 0. The van der Waals surface area contributed by atoms with Gasteiger partial charge in [-0.05, 0) is 12.1 Å². The molecule has 20 heavy (non-hydrogen) atoms. The van der Waals surface area contributed by atoms with Gasteiger partial charge in [0.15, 0.2) is 0 Å². The fourth-order valence-corrected chi connectivity index (χ4v) is 3.22. The SMILES string of the molecule is CCNS(=O)(=O)c1ccccc1NCC1COCCO1. The summed E-state index contributed by atoms with van der Waals surface area (Å²) >= 11 is 0. The third kappa shape index (κ3) is 3.92. The van der Waals surface area contributed by atoms with Gasteiger partial charge < -0.3 is 14.8 Å². The Morgan fingerprint density at radius 1 is 1.30 bits per heavy atom. The summed E-state index contributed by atoms with van der Waals surface area (Å²) in [4.78, 5) is 0.249. The molecular weight excluding hydrogens is 280 g/mol. The van der Waals surface area contributed by atoms with Crippen LogP contribution in [0.1, 0.15) is 6.92 Å². The zero-order valence-corrected chi connectivity index (χ0v) is 12.3. The van der Waals surface area contributed by atoms with Crippen LogP contribution in [-0.4, -0.2) is 47.4 Å². The lowest BCUT2D eigenvalue weighted by Crippen LogP contribution is -2.34. The first-order valence-corrected chi connectivity index (χ1v) is 8.13. The molecule has 6 nitrogen and oxygen atoms in total. The molecule has 1 aliphatic rings. The van der Waals surface area contributed by atoms with Crippen LogP contribution in [0.4, 0.5) is 5.69 Å². The van der Waals surface area contributed by atoms with E-state index in [0.29, 0.717) is 38.6 Å². The van der Waals surface area contributed by atoms with E-state index in [1.165, 1.54) is 0 Å². The van der Waals surface area contributed by atoms with Crippen LogP contribution in [-0.2, 0) is 19.5 Å². The van der Waals surface area contributed by atoms with Gasteiger partial charge in [-0.1, -0.05) is 19.1 Å². The average molecular weight is 300 g/mol. The molecule has 2 rings (SSSR count). The molecule has 1 aromatic rings. The minimum absolute atomic E-state index is 0.0568. The summed E-state index contributed by atoms with van der Waals surface area (Å²) < 4.78 is 37.5. The molecule has 0 aliphatic carbocycles. The van der Waals surface area contributed by atoms with Crippen LogP contribution in [0.15, 0.2) is 29.2 Å². The fraction of sp³-hybridized carbons (Fsp3) is 0.538. The van der Waals surface area contributed by atoms with Crippen molar-refractivity contribution in [3.05, 3.63) is 24.3 Å². The van der Waals surface area contributed by atoms with Gasteiger partial charge in [0.1, 0.15) is 4.90 Å². The molecule has 2 N–H and O–H groups in total. The maximum absolute atomic E-state index is 12.1. The second kappa shape index (κ2) is 7.03. The number of benzene rings is 1. The molecule has 0 aromatic heterocycles. The quantitative estimate of drug-likeness (QED) is 0.813. The minimum Gasteiger partial charge on any atom is -0.381 e. The molecular formula is C13H20N2O4S. The van der Waals surface area contributed by atoms with E-state index >= 15 is 0 Å². The highest BCUT2D eigenvalue weighted by Crippen LogP contribution is 2.20.